The molecule has 0 saturated carbocycles. The molecule has 0 aliphatic carbocycles. The van der Waals surface area contributed by atoms with Gasteiger partial charge in [0, 0.05) is 53.9 Å². The fraction of sp³-hybridized carbons (Fsp3) is 0.273. The molecular weight excluding hydrogens is 682 g/mol. The van der Waals surface area contributed by atoms with Crippen LogP contribution in [0.2, 0.25) is 0 Å². The number of nitrogens with one attached hydrogen (secondary N) is 1. The lowest BCUT2D eigenvalue weighted by Gasteiger charge is -2.38. The van der Waals surface area contributed by atoms with Gasteiger partial charge in [0.05, 0.1) is 31.6 Å². The predicted octanol–water partition coefficient (Wildman–Crippen LogP) is 6.13. The number of aromatic nitrogens is 3. The first-order chi connectivity index (χ1) is 23.7. The zero-order chi connectivity index (χ0) is 36.0. The summed E-state index contributed by atoms with van der Waals surface area (Å²) in [6.07, 6.45) is -5.95. The minimum absolute atomic E-state index is 0.00717. The fourth-order valence-electron chi connectivity index (χ4n) is 5.98. The minimum Gasteiger partial charge on any atom is -0.467 e. The molecule has 50 heavy (non-hydrogen) atoms. The predicted molar refractivity (Wildman–Crippen MR) is 162 cm³/mol. The number of halogens is 8. The number of methoxy groups -OCH3 is 1. The maximum Gasteiger partial charge on any atom is 0.419 e. The maximum atomic E-state index is 15.2. The third-order valence-corrected chi connectivity index (χ3v) is 8.27. The molecule has 5 aromatic rings. The van der Waals surface area contributed by atoms with Crippen LogP contribution in [0.1, 0.15) is 21.6 Å². The molecule has 0 bridgehead atoms. The number of carbonyl (C=O) groups excluding carboxylic acids is 2. The molecule has 1 saturated heterocycles. The van der Waals surface area contributed by atoms with Crippen LogP contribution in [0, 0.1) is 11.6 Å². The quantitative estimate of drug-likeness (QED) is 0.161. The van der Waals surface area contributed by atoms with E-state index in [0.29, 0.717) is 12.1 Å². The van der Waals surface area contributed by atoms with Crippen LogP contribution < -0.4 is 10.2 Å². The lowest BCUT2D eigenvalue weighted by molar-refractivity contribution is -0.167. The van der Waals surface area contributed by atoms with Gasteiger partial charge in [-0.2, -0.15) is 26.3 Å². The number of morpholine rings is 1. The SMILES string of the molecule is COC(=O)[C@H](Cc1ccc(-c2ncc3ccccc3c2C(F)(F)F)c2nccn12)NC(=O)c1c(F)cc(N2CCOC[C@@H]2C(F)(F)F)cc1F. The topological polar surface area (TPSA) is 98.1 Å². The largest absolute Gasteiger partial charge is 0.467 e. The molecule has 1 N–H and O–H groups in total. The van der Waals surface area contributed by atoms with E-state index in [1.165, 1.54) is 53.3 Å². The van der Waals surface area contributed by atoms with Gasteiger partial charge in [-0.25, -0.2) is 18.6 Å². The first-order valence-electron chi connectivity index (χ1n) is 14.9. The summed E-state index contributed by atoms with van der Waals surface area (Å²) >= 11 is 0. The van der Waals surface area contributed by atoms with Gasteiger partial charge in [-0.3, -0.25) is 9.78 Å². The second kappa shape index (κ2) is 13.2. The normalized spacial score (nSPS) is 16.1. The van der Waals surface area contributed by atoms with Crippen molar-refractivity contribution in [3.63, 3.8) is 0 Å². The number of anilines is 1. The second-order valence-corrected chi connectivity index (χ2v) is 11.3. The van der Waals surface area contributed by atoms with E-state index in [-0.39, 0.29) is 47.2 Å². The third kappa shape index (κ3) is 6.51. The van der Waals surface area contributed by atoms with Crippen LogP contribution in [0.4, 0.5) is 40.8 Å². The average molecular weight is 708 g/mol. The molecule has 1 amide bonds. The smallest absolute Gasteiger partial charge is 0.419 e. The number of rotatable bonds is 7. The number of pyridine rings is 2. The lowest BCUT2D eigenvalue weighted by atomic mass is 9.99. The number of alkyl halides is 6. The number of nitrogens with zero attached hydrogens (tertiary/aromatic N) is 4. The molecule has 17 heteroatoms. The number of carbonyl (C=O) groups is 2. The van der Waals surface area contributed by atoms with Crippen LogP contribution in [0.15, 0.2) is 67.1 Å². The molecule has 262 valence electrons. The monoisotopic (exact) mass is 707 g/mol. The van der Waals surface area contributed by atoms with E-state index in [9.17, 15) is 35.9 Å². The van der Waals surface area contributed by atoms with Crippen molar-refractivity contribution < 1.29 is 54.2 Å². The zero-order valence-corrected chi connectivity index (χ0v) is 25.8. The van der Waals surface area contributed by atoms with Crippen molar-refractivity contribution in [2.24, 2.45) is 0 Å². The van der Waals surface area contributed by atoms with Crippen LogP contribution in [0.25, 0.3) is 27.7 Å². The zero-order valence-electron chi connectivity index (χ0n) is 25.8. The highest BCUT2D eigenvalue weighted by molar-refractivity contribution is 5.98. The van der Waals surface area contributed by atoms with E-state index in [0.717, 1.165) is 12.0 Å². The fourth-order valence-corrected chi connectivity index (χ4v) is 5.98. The van der Waals surface area contributed by atoms with E-state index in [2.05, 4.69) is 15.3 Å². The minimum atomic E-state index is -4.79. The van der Waals surface area contributed by atoms with Crippen molar-refractivity contribution >= 4 is 34.0 Å². The molecule has 3 aromatic heterocycles. The summed E-state index contributed by atoms with van der Waals surface area (Å²) in [5.41, 5.74) is -2.75. The van der Waals surface area contributed by atoms with Crippen molar-refractivity contribution in [3.05, 3.63) is 95.6 Å². The number of imidazole rings is 1. The number of esters is 1. The van der Waals surface area contributed by atoms with E-state index in [4.69, 9.17) is 9.47 Å². The van der Waals surface area contributed by atoms with Gasteiger partial charge in [0.25, 0.3) is 5.91 Å². The Morgan fingerprint density at radius 1 is 1.04 bits per heavy atom. The highest BCUT2D eigenvalue weighted by atomic mass is 19.4. The molecule has 0 spiro atoms. The summed E-state index contributed by atoms with van der Waals surface area (Å²) in [6, 6.07) is 5.96. The van der Waals surface area contributed by atoms with Crippen LogP contribution in [0.3, 0.4) is 0 Å². The van der Waals surface area contributed by atoms with E-state index < -0.39 is 77.1 Å². The van der Waals surface area contributed by atoms with Gasteiger partial charge in [-0.15, -0.1) is 0 Å². The third-order valence-electron chi connectivity index (χ3n) is 8.27. The van der Waals surface area contributed by atoms with Crippen LogP contribution >= 0.6 is 0 Å². The molecule has 1 fully saturated rings. The van der Waals surface area contributed by atoms with Crippen LogP contribution in [-0.2, 0) is 26.9 Å². The molecule has 2 aromatic carbocycles. The van der Waals surface area contributed by atoms with Gasteiger partial charge in [-0.1, -0.05) is 24.3 Å². The number of fused-ring (bicyclic) bond motifs is 2. The molecule has 4 heterocycles. The molecule has 6 rings (SSSR count). The second-order valence-electron chi connectivity index (χ2n) is 11.3. The Balaban J connectivity index is 1.31. The highest BCUT2D eigenvalue weighted by Crippen LogP contribution is 2.41. The molecule has 2 atom stereocenters. The number of hydrogen-bond donors (Lipinski definition) is 1. The summed E-state index contributed by atoms with van der Waals surface area (Å²) in [6.45, 7) is -1.22. The first-order valence-corrected chi connectivity index (χ1v) is 14.9. The lowest BCUT2D eigenvalue weighted by Crippen LogP contribution is -2.53. The van der Waals surface area contributed by atoms with Crippen molar-refractivity contribution in [1.29, 1.82) is 0 Å². The van der Waals surface area contributed by atoms with Crippen molar-refractivity contribution in [2.75, 3.05) is 31.8 Å². The van der Waals surface area contributed by atoms with Crippen molar-refractivity contribution in [2.45, 2.75) is 30.9 Å². The molecule has 0 unspecified atom stereocenters. The van der Waals surface area contributed by atoms with Gasteiger partial charge >= 0.3 is 18.3 Å². The van der Waals surface area contributed by atoms with E-state index >= 15 is 8.78 Å². The molecule has 1 aliphatic heterocycles. The van der Waals surface area contributed by atoms with Crippen molar-refractivity contribution in [1.82, 2.24) is 19.7 Å². The first kappa shape index (κ1) is 34.5. The number of benzene rings is 2. The number of amides is 1. The summed E-state index contributed by atoms with van der Waals surface area (Å²) in [5, 5.41) is 2.39. The molecular formula is C33H25F8N5O4. The summed E-state index contributed by atoms with van der Waals surface area (Å²) in [7, 11) is 0.997. The Hall–Kier alpha value is -5.32. The van der Waals surface area contributed by atoms with Gasteiger partial charge in [0.2, 0.25) is 0 Å². The summed E-state index contributed by atoms with van der Waals surface area (Å²) in [4.78, 5) is 35.0. The molecule has 9 nitrogen and oxygen atoms in total. The van der Waals surface area contributed by atoms with Gasteiger partial charge in [0.15, 0.2) is 0 Å². The van der Waals surface area contributed by atoms with E-state index in [1.807, 2.05) is 0 Å². The Bertz CT molecular complexity index is 2080. The Labute approximate surface area is 277 Å². The Kier molecular flexibility index (Phi) is 9.11. The number of ether oxygens (including phenoxy) is 2. The summed E-state index contributed by atoms with van der Waals surface area (Å²) in [5.74, 6) is -5.42. The Morgan fingerprint density at radius 2 is 1.76 bits per heavy atom. The maximum absolute atomic E-state index is 15.2. The number of hydrogen-bond acceptors (Lipinski definition) is 7. The van der Waals surface area contributed by atoms with Gasteiger partial charge in [-0.05, 0) is 29.7 Å². The van der Waals surface area contributed by atoms with Crippen LogP contribution in [-0.4, -0.2) is 71.4 Å². The van der Waals surface area contributed by atoms with E-state index in [1.54, 1.807) is 6.07 Å². The molecule has 0 radical (unpaired) electrons. The standard InChI is InChI=1S/C33H25F8N5O4/c1-49-31(48)24(44-30(47)26-22(34)12-19(13-23(26)35)45-10-11-50-16-25(45)32(36,37)38)14-18-6-7-21(29-42-8-9-46(18)29)28-27(33(39,40)41)20-5-3-2-4-17(20)15-43-28/h2-9,12-13,15,24-25H,10-11,14,16H2,1H3,(H,44,47)/t24-,25+/m0/s1. The Morgan fingerprint density at radius 3 is 2.44 bits per heavy atom. The van der Waals surface area contributed by atoms with Gasteiger partial charge < -0.3 is 24.1 Å². The average Bonchev–Trinajstić information content (AvgIpc) is 3.57. The summed E-state index contributed by atoms with van der Waals surface area (Å²) < 4.78 is 125. The van der Waals surface area contributed by atoms with Crippen LogP contribution in [0.5, 0.6) is 0 Å². The van der Waals surface area contributed by atoms with Gasteiger partial charge in [0.1, 0.15) is 34.9 Å². The molecule has 1 aliphatic rings. The van der Waals surface area contributed by atoms with Crippen molar-refractivity contribution in [3.8, 4) is 11.3 Å². The highest BCUT2D eigenvalue weighted by Gasteiger charge is 2.46.